The molecule has 0 fully saturated rings. The standard InChI is InChI=1S/Al.ClO.Zr.2H/c;1-2;;;/q+1;-1;;;. The van der Waals surface area contributed by atoms with Gasteiger partial charge >= 0.3 is 16.6 Å². The minimum absolute atomic E-state index is 0. The number of hydrogen-bond acceptors (Lipinski definition) is 1. The molecule has 0 unspecified atom stereocenters. The summed E-state index contributed by atoms with van der Waals surface area (Å²) in [4.78, 5) is 0. The van der Waals surface area contributed by atoms with Gasteiger partial charge in [0, 0.05) is 38.1 Å². The van der Waals surface area contributed by atoms with Crippen LogP contribution in [0.1, 0.15) is 0 Å². The third-order valence-corrected chi connectivity index (χ3v) is 0. The Morgan fingerprint density at radius 3 is 1.75 bits per heavy atom. The van der Waals surface area contributed by atoms with Gasteiger partial charge in [0.1, 0.15) is 0 Å². The molecule has 0 atom stereocenters. The van der Waals surface area contributed by atoms with Crippen LogP contribution in [0.25, 0.3) is 0 Å². The Balaban J connectivity index is 0. The zero-order chi connectivity index (χ0) is 2.71. The number of hydrogen-bond donors (Lipinski definition) is 0. The van der Waals surface area contributed by atoms with Crippen molar-refractivity contribution in [3.8, 4) is 0 Å². The fraction of sp³-hybridized carbons (Fsp3) is 0. The molecular weight excluding hydrogens is 170 g/mol. The quantitative estimate of drug-likeness (QED) is 0.455. The number of halogens is 1. The van der Waals surface area contributed by atoms with Gasteiger partial charge in [-0.05, 0) is 0 Å². The van der Waals surface area contributed by atoms with Crippen molar-refractivity contribution < 1.29 is 29.5 Å². The van der Waals surface area contributed by atoms with Crippen LogP contribution in [-0.2, 0) is 29.5 Å². The summed E-state index contributed by atoms with van der Waals surface area (Å²) in [5.74, 6) is 0. The van der Waals surface area contributed by atoms with Gasteiger partial charge < -0.3 is 3.34 Å². The van der Waals surface area contributed by atoms with E-state index in [-0.39, 0.29) is 26.2 Å². The van der Waals surface area contributed by atoms with E-state index >= 15 is 0 Å². The van der Waals surface area contributed by atoms with Gasteiger partial charge in [0.25, 0.3) is 0 Å². The first kappa shape index (κ1) is 9.18. The van der Waals surface area contributed by atoms with Gasteiger partial charge in [0.05, 0.1) is 0 Å². The van der Waals surface area contributed by atoms with Crippen LogP contribution in [0.4, 0.5) is 0 Å². The Morgan fingerprint density at radius 1 is 1.75 bits per heavy atom. The monoisotopic (exact) mass is 170 g/mol. The Morgan fingerprint density at radius 2 is 1.75 bits per heavy atom. The molecule has 0 bridgehead atoms. The van der Waals surface area contributed by atoms with Crippen LogP contribution in [0.5, 0.6) is 0 Å². The molecule has 0 saturated carbocycles. The van der Waals surface area contributed by atoms with Gasteiger partial charge in [-0.2, -0.15) is 0 Å². The fourth-order valence-corrected chi connectivity index (χ4v) is 0. The predicted molar refractivity (Wildman–Crippen MR) is 15.5 cm³/mol. The summed E-state index contributed by atoms with van der Waals surface area (Å²) in [6, 6.07) is 0. The minimum atomic E-state index is 0. The van der Waals surface area contributed by atoms with Crippen molar-refractivity contribution >= 4 is 28.5 Å². The smallest absolute Gasteiger partial charge is 0.417 e. The van der Waals surface area contributed by atoms with Crippen LogP contribution in [0.15, 0.2) is 0 Å². The van der Waals surface area contributed by atoms with Gasteiger partial charge in [0.15, 0.2) is 0 Å². The largest absolute Gasteiger partial charge is 0.440 e. The molecule has 0 aliphatic carbocycles. The fourth-order valence-electron chi connectivity index (χ4n) is 0. The molecule has 0 amide bonds. The second-order valence-corrected chi connectivity index (χ2v) is 1.39. The van der Waals surface area contributed by atoms with Gasteiger partial charge in [-0.1, -0.05) is 0 Å². The van der Waals surface area contributed by atoms with E-state index in [0.29, 0.717) is 16.6 Å². The van der Waals surface area contributed by atoms with E-state index in [1.54, 1.807) is 0 Å². The zero-order valence-electron chi connectivity index (χ0n) is 2.29. The first-order valence-electron chi connectivity index (χ1n) is 0.563. The maximum atomic E-state index is 4.56. The summed E-state index contributed by atoms with van der Waals surface area (Å²) in [5.41, 5.74) is 0. The molecule has 0 aromatic rings. The molecule has 1 nitrogen and oxygen atoms in total. The molecule has 0 N–H and O–H groups in total. The minimum Gasteiger partial charge on any atom is -0.417 e. The molecular formula is H2AlClOZr. The Bertz CT molecular complexity index is 8.00. The van der Waals surface area contributed by atoms with Crippen LogP contribution in [0.3, 0.4) is 0 Å². The average Bonchev–Trinajstić information content (AvgIpc) is 0.918. The van der Waals surface area contributed by atoms with Gasteiger partial charge in [-0.15, -0.1) is 0 Å². The van der Waals surface area contributed by atoms with Crippen molar-refractivity contribution in [3.05, 3.63) is 0 Å². The van der Waals surface area contributed by atoms with E-state index in [9.17, 15) is 0 Å². The molecule has 0 aromatic heterocycles. The third kappa shape index (κ3) is 9.39. The molecule has 0 radical (unpaired) electrons. The van der Waals surface area contributed by atoms with Gasteiger partial charge in [-0.3, -0.25) is 0 Å². The topological polar surface area (TPSA) is 9.23 Å². The average molecular weight is 172 g/mol. The summed E-state index contributed by atoms with van der Waals surface area (Å²) in [6.45, 7) is 0. The second-order valence-electron chi connectivity index (χ2n) is 0.154. The maximum Gasteiger partial charge on any atom is 0.440 e. The molecule has 0 saturated heterocycles. The molecule has 0 rings (SSSR count). The van der Waals surface area contributed by atoms with E-state index in [1.165, 1.54) is 0 Å². The van der Waals surface area contributed by atoms with Crippen LogP contribution in [0.2, 0.25) is 0 Å². The maximum absolute atomic E-state index is 4.56. The summed E-state index contributed by atoms with van der Waals surface area (Å²) in [6.07, 6.45) is 0. The number of rotatable bonds is 0. The van der Waals surface area contributed by atoms with Gasteiger partial charge in [0.2, 0.25) is 0 Å². The van der Waals surface area contributed by atoms with Crippen LogP contribution in [-0.4, -0.2) is 16.6 Å². The van der Waals surface area contributed by atoms with Crippen molar-refractivity contribution in [3.63, 3.8) is 0 Å². The van der Waals surface area contributed by atoms with E-state index < -0.39 is 0 Å². The third-order valence-electron chi connectivity index (χ3n) is 0. The normalized spacial score (nSPS) is 4.25. The molecule has 22 valence electrons. The predicted octanol–water partition coefficient (Wildman–Crippen LogP) is -0.298. The van der Waals surface area contributed by atoms with E-state index in [4.69, 9.17) is 0 Å². The first-order valence-corrected chi connectivity index (χ1v) is 1.69. The van der Waals surface area contributed by atoms with E-state index in [2.05, 4.69) is 15.2 Å². The Hall–Kier alpha value is 1.67. The van der Waals surface area contributed by atoms with Crippen molar-refractivity contribution in [2.24, 2.45) is 0 Å². The van der Waals surface area contributed by atoms with Crippen LogP contribution < -0.4 is 0 Å². The van der Waals surface area contributed by atoms with Crippen LogP contribution in [0, 0.1) is 0 Å². The first-order chi connectivity index (χ1) is 1.41. The molecule has 4 heavy (non-hydrogen) atoms. The molecule has 0 heterocycles. The van der Waals surface area contributed by atoms with E-state index in [1.807, 2.05) is 0 Å². The second kappa shape index (κ2) is 8.82. The van der Waals surface area contributed by atoms with Crippen molar-refractivity contribution in [1.29, 1.82) is 0 Å². The SMILES string of the molecule is [AlH2][O]Cl.[Zr]. The zero-order valence-corrected chi connectivity index (χ0v) is 7.50. The molecule has 0 aliphatic rings. The van der Waals surface area contributed by atoms with Gasteiger partial charge in [-0.25, -0.2) is 0 Å². The van der Waals surface area contributed by atoms with Crippen molar-refractivity contribution in [2.75, 3.05) is 0 Å². The molecule has 4 heteroatoms. The van der Waals surface area contributed by atoms with Crippen molar-refractivity contribution in [1.82, 2.24) is 0 Å². The summed E-state index contributed by atoms with van der Waals surface area (Å²) < 4.78 is 3.86. The van der Waals surface area contributed by atoms with Crippen molar-refractivity contribution in [2.45, 2.75) is 0 Å². The molecule has 0 aliphatic heterocycles. The summed E-state index contributed by atoms with van der Waals surface area (Å²) in [5, 5.41) is 0. The molecule has 0 spiro atoms. The molecule has 0 aromatic carbocycles. The summed E-state index contributed by atoms with van der Waals surface area (Å²) >= 11 is 5.19. The van der Waals surface area contributed by atoms with Crippen LogP contribution >= 0.6 is 11.9 Å². The Labute approximate surface area is 57.7 Å². The van der Waals surface area contributed by atoms with E-state index in [0.717, 1.165) is 0 Å². The Kier molecular flexibility index (Phi) is 20.2. The summed E-state index contributed by atoms with van der Waals surface area (Å²) in [7, 11) is 0.